The second-order valence-corrected chi connectivity index (χ2v) is 8.49. The molecule has 3 N–H and O–H groups in total. The zero-order valence-corrected chi connectivity index (χ0v) is 16.7. The number of piperidine rings is 1. The van der Waals surface area contributed by atoms with Gasteiger partial charge < -0.3 is 10.6 Å². The SMILES string of the molecule is CC(NS(=O)(=O)c1ccc(Cl)cc1)C(=O)N1CCCC(C(C)N)C1.Cl. The summed E-state index contributed by atoms with van der Waals surface area (Å²) in [7, 11) is -3.77. The van der Waals surface area contributed by atoms with Crippen molar-refractivity contribution >= 4 is 39.9 Å². The highest BCUT2D eigenvalue weighted by Gasteiger charge is 2.30. The Labute approximate surface area is 160 Å². The van der Waals surface area contributed by atoms with Crippen LogP contribution in [0.2, 0.25) is 5.02 Å². The molecule has 3 atom stereocenters. The van der Waals surface area contributed by atoms with E-state index >= 15 is 0 Å². The minimum absolute atomic E-state index is 0. The lowest BCUT2D eigenvalue weighted by atomic mass is 9.92. The summed E-state index contributed by atoms with van der Waals surface area (Å²) in [6.45, 7) is 4.70. The summed E-state index contributed by atoms with van der Waals surface area (Å²) in [6.07, 6.45) is 1.88. The van der Waals surface area contributed by atoms with Gasteiger partial charge in [0.05, 0.1) is 10.9 Å². The second-order valence-electron chi connectivity index (χ2n) is 6.34. The van der Waals surface area contributed by atoms with Crippen LogP contribution in [0.4, 0.5) is 0 Å². The summed E-state index contributed by atoms with van der Waals surface area (Å²) in [4.78, 5) is 14.3. The van der Waals surface area contributed by atoms with Gasteiger partial charge in [-0.3, -0.25) is 4.79 Å². The van der Waals surface area contributed by atoms with E-state index in [1.807, 2.05) is 6.92 Å². The summed E-state index contributed by atoms with van der Waals surface area (Å²) in [6, 6.07) is 5.00. The number of rotatable bonds is 5. The van der Waals surface area contributed by atoms with E-state index in [4.69, 9.17) is 17.3 Å². The van der Waals surface area contributed by atoms with E-state index in [-0.39, 0.29) is 35.2 Å². The van der Waals surface area contributed by atoms with Crippen LogP contribution in [-0.2, 0) is 14.8 Å². The van der Waals surface area contributed by atoms with Gasteiger partial charge in [-0.15, -0.1) is 12.4 Å². The monoisotopic (exact) mass is 409 g/mol. The van der Waals surface area contributed by atoms with E-state index in [1.54, 1.807) is 11.8 Å². The first-order chi connectivity index (χ1) is 11.2. The standard InChI is InChI=1S/C16H24ClN3O3S.ClH/c1-11(18)13-4-3-9-20(10-13)16(21)12(2)19-24(22,23)15-7-5-14(17)6-8-15;/h5-8,11-13,19H,3-4,9-10,18H2,1-2H3;1H. The third-order valence-electron chi connectivity index (χ3n) is 4.34. The first-order valence-electron chi connectivity index (χ1n) is 8.03. The van der Waals surface area contributed by atoms with E-state index in [0.717, 1.165) is 12.8 Å². The minimum atomic E-state index is -3.77. The van der Waals surface area contributed by atoms with E-state index in [2.05, 4.69) is 4.72 Å². The average Bonchev–Trinajstić information content (AvgIpc) is 2.54. The Balaban J connectivity index is 0.00000312. The number of nitrogens with zero attached hydrogens (tertiary/aromatic N) is 1. The number of hydrogen-bond donors (Lipinski definition) is 2. The van der Waals surface area contributed by atoms with Crippen molar-refractivity contribution in [1.29, 1.82) is 0 Å². The molecule has 142 valence electrons. The lowest BCUT2D eigenvalue weighted by Crippen LogP contribution is -2.51. The van der Waals surface area contributed by atoms with E-state index in [9.17, 15) is 13.2 Å². The number of halogens is 2. The van der Waals surface area contributed by atoms with Crippen LogP contribution >= 0.6 is 24.0 Å². The molecule has 0 bridgehead atoms. The summed E-state index contributed by atoms with van der Waals surface area (Å²) >= 11 is 5.77. The highest BCUT2D eigenvalue weighted by Crippen LogP contribution is 2.20. The molecule has 1 aliphatic heterocycles. The zero-order chi connectivity index (χ0) is 17.9. The van der Waals surface area contributed by atoms with Gasteiger partial charge in [-0.1, -0.05) is 11.6 Å². The number of sulfonamides is 1. The Morgan fingerprint density at radius 3 is 2.48 bits per heavy atom. The van der Waals surface area contributed by atoms with Crippen LogP contribution in [0, 0.1) is 5.92 Å². The Morgan fingerprint density at radius 1 is 1.32 bits per heavy atom. The summed E-state index contributed by atoms with van der Waals surface area (Å²) in [5, 5.41) is 0.452. The number of nitrogens with one attached hydrogen (secondary N) is 1. The number of likely N-dealkylation sites (tertiary alicyclic amines) is 1. The summed E-state index contributed by atoms with van der Waals surface area (Å²) in [5.41, 5.74) is 5.94. The van der Waals surface area contributed by atoms with Gasteiger partial charge in [-0.25, -0.2) is 8.42 Å². The van der Waals surface area contributed by atoms with Gasteiger partial charge in [0.2, 0.25) is 15.9 Å². The van der Waals surface area contributed by atoms with Crippen molar-refractivity contribution in [3.8, 4) is 0 Å². The Morgan fingerprint density at radius 2 is 1.92 bits per heavy atom. The van der Waals surface area contributed by atoms with Crippen LogP contribution in [-0.4, -0.2) is 44.4 Å². The highest BCUT2D eigenvalue weighted by atomic mass is 35.5. The maximum absolute atomic E-state index is 12.6. The average molecular weight is 410 g/mol. The molecule has 1 heterocycles. The van der Waals surface area contributed by atoms with Gasteiger partial charge in [0.25, 0.3) is 0 Å². The fraction of sp³-hybridized carbons (Fsp3) is 0.562. The molecular weight excluding hydrogens is 385 g/mol. The number of amides is 1. The summed E-state index contributed by atoms with van der Waals surface area (Å²) < 4.78 is 27.2. The number of hydrogen-bond acceptors (Lipinski definition) is 4. The molecule has 1 amide bonds. The van der Waals surface area contributed by atoms with Crippen LogP contribution in [0.1, 0.15) is 26.7 Å². The number of carbonyl (C=O) groups excluding carboxylic acids is 1. The van der Waals surface area contributed by atoms with Crippen molar-refractivity contribution < 1.29 is 13.2 Å². The Hall–Kier alpha value is -0.860. The number of benzene rings is 1. The van der Waals surface area contributed by atoms with Crippen molar-refractivity contribution in [1.82, 2.24) is 9.62 Å². The molecule has 0 spiro atoms. The van der Waals surface area contributed by atoms with Crippen molar-refractivity contribution in [2.75, 3.05) is 13.1 Å². The van der Waals surface area contributed by atoms with Crippen molar-refractivity contribution in [3.05, 3.63) is 29.3 Å². The molecule has 1 aromatic rings. The van der Waals surface area contributed by atoms with Gasteiger partial charge in [0.15, 0.2) is 0 Å². The summed E-state index contributed by atoms with van der Waals surface area (Å²) in [5.74, 6) is 0.0284. The third-order valence-corrected chi connectivity index (χ3v) is 6.15. The van der Waals surface area contributed by atoms with E-state index in [0.29, 0.717) is 18.1 Å². The van der Waals surface area contributed by atoms with Gasteiger partial charge >= 0.3 is 0 Å². The van der Waals surface area contributed by atoms with Gasteiger partial charge in [0.1, 0.15) is 0 Å². The fourth-order valence-electron chi connectivity index (χ4n) is 2.88. The molecule has 1 fully saturated rings. The second kappa shape index (κ2) is 9.19. The quantitative estimate of drug-likeness (QED) is 0.777. The van der Waals surface area contributed by atoms with Crippen LogP contribution in [0.15, 0.2) is 29.2 Å². The molecule has 0 aliphatic carbocycles. The molecule has 1 aliphatic rings. The Bertz CT molecular complexity index is 680. The first-order valence-corrected chi connectivity index (χ1v) is 9.89. The molecule has 0 radical (unpaired) electrons. The van der Waals surface area contributed by atoms with Gasteiger partial charge in [0, 0.05) is 24.2 Å². The number of carbonyl (C=O) groups is 1. The van der Waals surface area contributed by atoms with Gasteiger partial charge in [-0.2, -0.15) is 4.72 Å². The maximum atomic E-state index is 12.6. The smallest absolute Gasteiger partial charge is 0.241 e. The highest BCUT2D eigenvalue weighted by molar-refractivity contribution is 7.89. The van der Waals surface area contributed by atoms with Crippen molar-refractivity contribution in [2.45, 2.75) is 43.7 Å². The Kier molecular flexibility index (Phi) is 8.15. The lowest BCUT2D eigenvalue weighted by molar-refractivity contribution is -0.134. The molecule has 1 saturated heterocycles. The minimum Gasteiger partial charge on any atom is -0.341 e. The molecule has 2 rings (SSSR count). The molecule has 9 heteroatoms. The molecule has 3 unspecified atom stereocenters. The van der Waals surface area contributed by atoms with Crippen molar-refractivity contribution in [2.24, 2.45) is 11.7 Å². The fourth-order valence-corrected chi connectivity index (χ4v) is 4.20. The van der Waals surface area contributed by atoms with Crippen LogP contribution in [0.5, 0.6) is 0 Å². The van der Waals surface area contributed by atoms with Crippen LogP contribution in [0.25, 0.3) is 0 Å². The number of nitrogens with two attached hydrogens (primary N) is 1. The molecular formula is C16H25Cl2N3O3S. The van der Waals surface area contributed by atoms with Crippen LogP contribution < -0.4 is 10.5 Å². The normalized spacial score (nSPS) is 20.5. The van der Waals surface area contributed by atoms with E-state index < -0.39 is 16.1 Å². The predicted molar refractivity (Wildman–Crippen MR) is 101 cm³/mol. The van der Waals surface area contributed by atoms with Crippen molar-refractivity contribution in [3.63, 3.8) is 0 Å². The molecule has 1 aromatic carbocycles. The van der Waals surface area contributed by atoms with Crippen LogP contribution in [0.3, 0.4) is 0 Å². The largest absolute Gasteiger partial charge is 0.341 e. The lowest BCUT2D eigenvalue weighted by Gasteiger charge is -2.36. The molecule has 0 saturated carbocycles. The predicted octanol–water partition coefficient (Wildman–Crippen LogP) is 2.01. The zero-order valence-electron chi connectivity index (χ0n) is 14.3. The maximum Gasteiger partial charge on any atom is 0.241 e. The topological polar surface area (TPSA) is 92.5 Å². The first kappa shape index (κ1) is 22.2. The third kappa shape index (κ3) is 5.82. The van der Waals surface area contributed by atoms with E-state index in [1.165, 1.54) is 24.3 Å². The molecule has 6 nitrogen and oxygen atoms in total. The molecule has 0 aromatic heterocycles. The van der Waals surface area contributed by atoms with Gasteiger partial charge in [-0.05, 0) is 56.9 Å². The molecule has 25 heavy (non-hydrogen) atoms.